The van der Waals surface area contributed by atoms with Gasteiger partial charge < -0.3 is 14.5 Å². The van der Waals surface area contributed by atoms with Gasteiger partial charge in [-0.25, -0.2) is 0 Å². The molecule has 0 bridgehead atoms. The molecule has 0 aliphatic heterocycles. The van der Waals surface area contributed by atoms with Gasteiger partial charge >= 0.3 is 0 Å². The fourth-order valence-corrected chi connectivity index (χ4v) is 2.63. The van der Waals surface area contributed by atoms with Crippen molar-refractivity contribution in [2.75, 3.05) is 6.61 Å². The summed E-state index contributed by atoms with van der Waals surface area (Å²) in [6.07, 6.45) is 2.75. The Morgan fingerprint density at radius 2 is 2.18 bits per heavy atom. The molecule has 1 atom stereocenters. The highest BCUT2D eigenvalue weighted by Crippen LogP contribution is 2.30. The van der Waals surface area contributed by atoms with Crippen LogP contribution in [0, 0.1) is 0 Å². The molecule has 0 saturated heterocycles. The van der Waals surface area contributed by atoms with Gasteiger partial charge in [0.05, 0.1) is 12.3 Å². The molecular formula is C17H17NO4. The highest BCUT2D eigenvalue weighted by atomic mass is 16.5. The first-order valence-corrected chi connectivity index (χ1v) is 7.26. The molecule has 1 amide bonds. The van der Waals surface area contributed by atoms with Gasteiger partial charge in [-0.15, -0.1) is 0 Å². The zero-order valence-corrected chi connectivity index (χ0v) is 12.3. The van der Waals surface area contributed by atoms with Crippen molar-refractivity contribution >= 4 is 11.7 Å². The summed E-state index contributed by atoms with van der Waals surface area (Å²) in [6, 6.07) is 8.74. The van der Waals surface area contributed by atoms with Crippen LogP contribution >= 0.6 is 0 Å². The first-order valence-electron chi connectivity index (χ1n) is 7.26. The smallest absolute Gasteiger partial charge is 0.258 e. The molecule has 0 spiro atoms. The first-order chi connectivity index (χ1) is 10.6. The Morgan fingerprint density at radius 1 is 1.32 bits per heavy atom. The van der Waals surface area contributed by atoms with E-state index < -0.39 is 0 Å². The van der Waals surface area contributed by atoms with Crippen LogP contribution in [0.3, 0.4) is 0 Å². The van der Waals surface area contributed by atoms with Gasteiger partial charge in [0.15, 0.2) is 12.4 Å². The normalized spacial score (nSPS) is 14.5. The fourth-order valence-electron chi connectivity index (χ4n) is 2.63. The lowest BCUT2D eigenvalue weighted by Gasteiger charge is -2.13. The van der Waals surface area contributed by atoms with Crippen LogP contribution < -0.4 is 10.1 Å². The average Bonchev–Trinajstić information content (AvgIpc) is 3.16. The third kappa shape index (κ3) is 2.88. The fraction of sp³-hybridized carbons (Fsp3) is 0.294. The SMILES string of the molecule is CC(NC(=O)COc1cccc2c1CCC2=O)c1ccco1. The van der Waals surface area contributed by atoms with Gasteiger partial charge in [0.2, 0.25) is 0 Å². The van der Waals surface area contributed by atoms with Gasteiger partial charge in [-0.1, -0.05) is 12.1 Å². The number of carbonyl (C=O) groups is 2. The van der Waals surface area contributed by atoms with Crippen LogP contribution in [0.2, 0.25) is 0 Å². The second-order valence-electron chi connectivity index (χ2n) is 5.30. The number of furan rings is 1. The number of ether oxygens (including phenoxy) is 1. The van der Waals surface area contributed by atoms with E-state index in [1.165, 1.54) is 0 Å². The van der Waals surface area contributed by atoms with Gasteiger partial charge in [0.1, 0.15) is 11.5 Å². The minimum Gasteiger partial charge on any atom is -0.483 e. The molecule has 1 aliphatic carbocycles. The number of amides is 1. The summed E-state index contributed by atoms with van der Waals surface area (Å²) in [7, 11) is 0. The van der Waals surface area contributed by atoms with E-state index in [4.69, 9.17) is 9.15 Å². The zero-order valence-electron chi connectivity index (χ0n) is 12.3. The van der Waals surface area contributed by atoms with Crippen molar-refractivity contribution in [1.82, 2.24) is 5.32 Å². The number of nitrogens with one attached hydrogen (secondary N) is 1. The molecule has 1 heterocycles. The molecule has 1 aliphatic rings. The van der Waals surface area contributed by atoms with Crippen LogP contribution in [-0.4, -0.2) is 18.3 Å². The van der Waals surface area contributed by atoms with Crippen molar-refractivity contribution in [2.24, 2.45) is 0 Å². The Labute approximate surface area is 128 Å². The summed E-state index contributed by atoms with van der Waals surface area (Å²) in [6.45, 7) is 1.76. The largest absolute Gasteiger partial charge is 0.483 e. The van der Waals surface area contributed by atoms with Crippen LogP contribution in [0.1, 0.15) is 41.1 Å². The Bertz CT molecular complexity index is 691. The van der Waals surface area contributed by atoms with E-state index in [0.29, 0.717) is 29.9 Å². The maximum absolute atomic E-state index is 11.9. The van der Waals surface area contributed by atoms with Crippen LogP contribution in [0.15, 0.2) is 41.0 Å². The topological polar surface area (TPSA) is 68.5 Å². The van der Waals surface area contributed by atoms with Gasteiger partial charge in [0, 0.05) is 17.5 Å². The summed E-state index contributed by atoms with van der Waals surface area (Å²) in [5.74, 6) is 1.21. The predicted octanol–water partition coefficient (Wildman–Crippen LogP) is 2.66. The summed E-state index contributed by atoms with van der Waals surface area (Å²) >= 11 is 0. The van der Waals surface area contributed by atoms with Crippen molar-refractivity contribution in [3.63, 3.8) is 0 Å². The number of benzene rings is 1. The van der Waals surface area contributed by atoms with Crippen LogP contribution in [-0.2, 0) is 11.2 Å². The number of carbonyl (C=O) groups excluding carboxylic acids is 2. The first kappa shape index (κ1) is 14.4. The lowest BCUT2D eigenvalue weighted by molar-refractivity contribution is -0.123. The highest BCUT2D eigenvalue weighted by Gasteiger charge is 2.23. The number of hydrogen-bond donors (Lipinski definition) is 1. The number of Topliss-reactive ketones (excluding diaryl/α,β-unsaturated/α-hetero) is 1. The Morgan fingerprint density at radius 3 is 2.95 bits per heavy atom. The molecule has 114 valence electrons. The molecule has 5 nitrogen and oxygen atoms in total. The van der Waals surface area contributed by atoms with E-state index >= 15 is 0 Å². The van der Waals surface area contributed by atoms with Crippen LogP contribution in [0.25, 0.3) is 0 Å². The molecular weight excluding hydrogens is 282 g/mol. The summed E-state index contributed by atoms with van der Waals surface area (Å²) in [5.41, 5.74) is 1.61. The Balaban J connectivity index is 1.59. The van der Waals surface area contributed by atoms with Crippen molar-refractivity contribution in [3.05, 3.63) is 53.5 Å². The standard InChI is InChI=1S/C17H17NO4/c1-11(15-6-3-9-21-15)18-17(20)10-22-16-5-2-4-12-13(16)7-8-14(12)19/h2-6,9,11H,7-8,10H2,1H3,(H,18,20). The van der Waals surface area contributed by atoms with Crippen molar-refractivity contribution < 1.29 is 18.7 Å². The minimum absolute atomic E-state index is 0.0876. The number of hydrogen-bond acceptors (Lipinski definition) is 4. The Hall–Kier alpha value is -2.56. The monoisotopic (exact) mass is 299 g/mol. The number of fused-ring (bicyclic) bond motifs is 1. The average molecular weight is 299 g/mol. The molecule has 0 fully saturated rings. The molecule has 1 N–H and O–H groups in total. The summed E-state index contributed by atoms with van der Waals surface area (Å²) in [5, 5.41) is 2.80. The Kier molecular flexibility index (Phi) is 3.96. The van der Waals surface area contributed by atoms with Crippen molar-refractivity contribution in [1.29, 1.82) is 0 Å². The van der Waals surface area contributed by atoms with E-state index in [-0.39, 0.29) is 24.3 Å². The molecule has 1 aromatic carbocycles. The third-order valence-electron chi connectivity index (χ3n) is 3.74. The van der Waals surface area contributed by atoms with E-state index in [1.54, 1.807) is 30.5 Å². The molecule has 5 heteroatoms. The highest BCUT2D eigenvalue weighted by molar-refractivity contribution is 6.01. The summed E-state index contributed by atoms with van der Waals surface area (Å²) in [4.78, 5) is 23.6. The molecule has 2 aromatic rings. The molecule has 0 saturated carbocycles. The van der Waals surface area contributed by atoms with Gasteiger partial charge in [-0.3, -0.25) is 9.59 Å². The lowest BCUT2D eigenvalue weighted by Crippen LogP contribution is -2.31. The number of rotatable bonds is 5. The van der Waals surface area contributed by atoms with E-state index in [0.717, 1.165) is 5.56 Å². The molecule has 1 aromatic heterocycles. The molecule has 0 radical (unpaired) electrons. The van der Waals surface area contributed by atoms with Gasteiger partial charge in [-0.2, -0.15) is 0 Å². The zero-order chi connectivity index (χ0) is 15.5. The quantitative estimate of drug-likeness (QED) is 0.921. The molecule has 22 heavy (non-hydrogen) atoms. The third-order valence-corrected chi connectivity index (χ3v) is 3.74. The maximum Gasteiger partial charge on any atom is 0.258 e. The van der Waals surface area contributed by atoms with Crippen molar-refractivity contribution in [2.45, 2.75) is 25.8 Å². The van der Waals surface area contributed by atoms with E-state index in [2.05, 4.69) is 5.32 Å². The van der Waals surface area contributed by atoms with Crippen molar-refractivity contribution in [3.8, 4) is 5.75 Å². The second-order valence-corrected chi connectivity index (χ2v) is 5.30. The van der Waals surface area contributed by atoms with E-state index in [9.17, 15) is 9.59 Å². The summed E-state index contributed by atoms with van der Waals surface area (Å²) < 4.78 is 10.8. The molecule has 1 unspecified atom stereocenters. The van der Waals surface area contributed by atoms with E-state index in [1.807, 2.05) is 13.0 Å². The molecule has 3 rings (SSSR count). The predicted molar refractivity (Wildman–Crippen MR) is 79.9 cm³/mol. The lowest BCUT2D eigenvalue weighted by atomic mass is 10.1. The van der Waals surface area contributed by atoms with Crippen LogP contribution in [0.5, 0.6) is 5.75 Å². The van der Waals surface area contributed by atoms with Gasteiger partial charge in [0.25, 0.3) is 5.91 Å². The minimum atomic E-state index is -0.231. The maximum atomic E-state index is 11.9. The second kappa shape index (κ2) is 6.05. The van der Waals surface area contributed by atoms with Crippen LogP contribution in [0.4, 0.5) is 0 Å². The van der Waals surface area contributed by atoms with Gasteiger partial charge in [-0.05, 0) is 31.5 Å². The number of ketones is 1.